The molecule has 0 saturated heterocycles. The van der Waals surface area contributed by atoms with Crippen LogP contribution in [0.1, 0.15) is 49.9 Å². The summed E-state index contributed by atoms with van der Waals surface area (Å²) in [5, 5.41) is 15.5. The molecule has 126 valence electrons. The van der Waals surface area contributed by atoms with Crippen LogP contribution in [0.2, 0.25) is 5.15 Å². The Labute approximate surface area is 140 Å². The van der Waals surface area contributed by atoms with Crippen molar-refractivity contribution >= 4 is 29.2 Å². The monoisotopic (exact) mass is 339 g/mol. The van der Waals surface area contributed by atoms with Crippen molar-refractivity contribution in [2.24, 2.45) is 5.92 Å². The molecular formula is C16H22ClN3O3. The van der Waals surface area contributed by atoms with Crippen LogP contribution in [0.3, 0.4) is 0 Å². The lowest BCUT2D eigenvalue weighted by Gasteiger charge is -2.27. The highest BCUT2D eigenvalue weighted by molar-refractivity contribution is 6.29. The van der Waals surface area contributed by atoms with Gasteiger partial charge in [0.15, 0.2) is 0 Å². The van der Waals surface area contributed by atoms with Gasteiger partial charge in [0.25, 0.3) is 5.91 Å². The Morgan fingerprint density at radius 2 is 1.96 bits per heavy atom. The minimum atomic E-state index is -0.750. The van der Waals surface area contributed by atoms with Gasteiger partial charge in [0, 0.05) is 18.3 Å². The van der Waals surface area contributed by atoms with Gasteiger partial charge in [0.1, 0.15) is 5.15 Å². The zero-order valence-electron chi connectivity index (χ0n) is 13.3. The average molecular weight is 340 g/mol. The van der Waals surface area contributed by atoms with Crippen molar-refractivity contribution in [3.05, 3.63) is 23.0 Å². The van der Waals surface area contributed by atoms with Crippen LogP contribution < -0.4 is 10.6 Å². The first-order valence-electron chi connectivity index (χ1n) is 7.82. The summed E-state index contributed by atoms with van der Waals surface area (Å²) < 4.78 is 0. The summed E-state index contributed by atoms with van der Waals surface area (Å²) in [5.74, 6) is -1.25. The highest BCUT2D eigenvalue weighted by Crippen LogP contribution is 2.25. The van der Waals surface area contributed by atoms with Gasteiger partial charge in [-0.1, -0.05) is 11.6 Å². The third-order valence-electron chi connectivity index (χ3n) is 3.97. The van der Waals surface area contributed by atoms with Crippen LogP contribution in [0.5, 0.6) is 0 Å². The van der Waals surface area contributed by atoms with E-state index in [9.17, 15) is 9.59 Å². The second kappa shape index (κ2) is 7.64. The van der Waals surface area contributed by atoms with Crippen LogP contribution in [-0.4, -0.2) is 34.1 Å². The summed E-state index contributed by atoms with van der Waals surface area (Å²) in [6.07, 6.45) is 4.01. The summed E-state index contributed by atoms with van der Waals surface area (Å²) in [7, 11) is 0. The number of hydrogen-bond donors (Lipinski definition) is 3. The molecule has 1 amide bonds. The van der Waals surface area contributed by atoms with Crippen LogP contribution in [-0.2, 0) is 4.79 Å². The van der Waals surface area contributed by atoms with Gasteiger partial charge in [-0.05, 0) is 45.6 Å². The van der Waals surface area contributed by atoms with Gasteiger partial charge in [-0.15, -0.1) is 0 Å². The van der Waals surface area contributed by atoms with E-state index in [1.165, 1.54) is 6.20 Å². The van der Waals surface area contributed by atoms with E-state index in [0.717, 1.165) is 0 Å². The van der Waals surface area contributed by atoms with Gasteiger partial charge < -0.3 is 15.7 Å². The number of halogens is 1. The molecule has 0 aromatic carbocycles. The summed E-state index contributed by atoms with van der Waals surface area (Å²) in [6.45, 7) is 3.95. The lowest BCUT2D eigenvalue weighted by atomic mass is 9.86. The number of carbonyl (C=O) groups is 2. The molecule has 23 heavy (non-hydrogen) atoms. The first-order valence-corrected chi connectivity index (χ1v) is 8.20. The summed E-state index contributed by atoms with van der Waals surface area (Å²) >= 11 is 5.90. The average Bonchev–Trinajstić information content (AvgIpc) is 2.47. The highest BCUT2D eigenvalue weighted by Gasteiger charge is 2.27. The number of hydrogen-bond acceptors (Lipinski definition) is 4. The number of aromatic nitrogens is 1. The number of carboxylic acids is 1. The zero-order chi connectivity index (χ0) is 17.0. The van der Waals surface area contributed by atoms with Crippen LogP contribution in [0.4, 0.5) is 5.69 Å². The molecule has 1 aromatic rings. The zero-order valence-corrected chi connectivity index (χ0v) is 14.1. The number of anilines is 1. The molecule has 2 rings (SSSR count). The SMILES string of the molecule is CC(C)Nc1cc(Cl)ncc1C(=O)N[C@H]1CC[C@H](C(=O)O)CC1. The van der Waals surface area contributed by atoms with E-state index in [4.69, 9.17) is 16.7 Å². The Morgan fingerprint density at radius 3 is 2.52 bits per heavy atom. The summed E-state index contributed by atoms with van der Waals surface area (Å²) in [6, 6.07) is 1.80. The second-order valence-electron chi connectivity index (χ2n) is 6.21. The normalized spacial score (nSPS) is 21.0. The molecule has 0 radical (unpaired) electrons. The standard InChI is InChI=1S/C16H22ClN3O3/c1-9(2)19-13-7-14(17)18-8-12(13)15(21)20-11-5-3-10(4-6-11)16(22)23/h7-11H,3-6H2,1-2H3,(H,18,19)(H,20,21)(H,22,23)/t10-,11-. The van der Waals surface area contributed by atoms with Gasteiger partial charge in [-0.3, -0.25) is 9.59 Å². The minimum absolute atomic E-state index is 0.000628. The molecule has 1 aromatic heterocycles. The molecule has 1 heterocycles. The molecule has 1 fully saturated rings. The maximum absolute atomic E-state index is 12.5. The van der Waals surface area contributed by atoms with Crippen molar-refractivity contribution in [2.45, 2.75) is 51.6 Å². The minimum Gasteiger partial charge on any atom is -0.481 e. The van der Waals surface area contributed by atoms with Crippen LogP contribution in [0.25, 0.3) is 0 Å². The third kappa shape index (κ3) is 4.82. The summed E-state index contributed by atoms with van der Waals surface area (Å²) in [5.41, 5.74) is 1.10. The second-order valence-corrected chi connectivity index (χ2v) is 6.60. The number of carboxylic acid groups (broad SMARTS) is 1. The smallest absolute Gasteiger partial charge is 0.306 e. The fourth-order valence-corrected chi connectivity index (χ4v) is 2.95. The van der Waals surface area contributed by atoms with Crippen molar-refractivity contribution in [3.8, 4) is 0 Å². The molecule has 1 aliphatic carbocycles. The quantitative estimate of drug-likeness (QED) is 0.717. The van der Waals surface area contributed by atoms with Crippen molar-refractivity contribution in [1.82, 2.24) is 10.3 Å². The Balaban J connectivity index is 2.02. The molecule has 1 saturated carbocycles. The molecule has 7 heteroatoms. The molecule has 3 N–H and O–H groups in total. The fourth-order valence-electron chi connectivity index (χ4n) is 2.79. The topological polar surface area (TPSA) is 91.3 Å². The Kier molecular flexibility index (Phi) is 5.82. The van der Waals surface area contributed by atoms with Crippen LogP contribution >= 0.6 is 11.6 Å². The van der Waals surface area contributed by atoms with E-state index < -0.39 is 5.97 Å². The molecule has 0 spiro atoms. The number of rotatable bonds is 5. The van der Waals surface area contributed by atoms with Crippen molar-refractivity contribution < 1.29 is 14.7 Å². The molecule has 0 bridgehead atoms. The fraction of sp³-hybridized carbons (Fsp3) is 0.562. The van der Waals surface area contributed by atoms with E-state index >= 15 is 0 Å². The van der Waals surface area contributed by atoms with E-state index in [1.54, 1.807) is 6.07 Å². The van der Waals surface area contributed by atoms with E-state index in [2.05, 4.69) is 15.6 Å². The van der Waals surface area contributed by atoms with Gasteiger partial charge >= 0.3 is 5.97 Å². The number of carbonyl (C=O) groups excluding carboxylic acids is 1. The molecule has 0 aliphatic heterocycles. The highest BCUT2D eigenvalue weighted by atomic mass is 35.5. The van der Waals surface area contributed by atoms with Gasteiger partial charge in [-0.25, -0.2) is 4.98 Å². The predicted octanol–water partition coefficient (Wildman–Crippen LogP) is 2.93. The first kappa shape index (κ1) is 17.5. The lowest BCUT2D eigenvalue weighted by molar-refractivity contribution is -0.142. The number of amides is 1. The van der Waals surface area contributed by atoms with Crippen molar-refractivity contribution in [1.29, 1.82) is 0 Å². The predicted molar refractivity (Wildman–Crippen MR) is 88.9 cm³/mol. The number of aliphatic carboxylic acids is 1. The Bertz CT molecular complexity index is 584. The number of nitrogens with one attached hydrogen (secondary N) is 2. The molecular weight excluding hydrogens is 318 g/mol. The van der Waals surface area contributed by atoms with Crippen molar-refractivity contribution in [2.75, 3.05) is 5.32 Å². The largest absolute Gasteiger partial charge is 0.481 e. The number of pyridine rings is 1. The van der Waals surface area contributed by atoms with Crippen LogP contribution in [0.15, 0.2) is 12.3 Å². The lowest BCUT2D eigenvalue weighted by Crippen LogP contribution is -2.39. The van der Waals surface area contributed by atoms with E-state index in [-0.39, 0.29) is 23.9 Å². The molecule has 0 atom stereocenters. The van der Waals surface area contributed by atoms with Gasteiger partial charge in [0.2, 0.25) is 0 Å². The first-order chi connectivity index (χ1) is 10.9. The maximum Gasteiger partial charge on any atom is 0.306 e. The Morgan fingerprint density at radius 1 is 1.30 bits per heavy atom. The van der Waals surface area contributed by atoms with Gasteiger partial charge in [-0.2, -0.15) is 0 Å². The van der Waals surface area contributed by atoms with E-state index in [1.807, 2.05) is 13.8 Å². The molecule has 0 unspecified atom stereocenters. The third-order valence-corrected chi connectivity index (χ3v) is 4.18. The maximum atomic E-state index is 12.5. The molecule has 6 nitrogen and oxygen atoms in total. The molecule has 1 aliphatic rings. The van der Waals surface area contributed by atoms with E-state index in [0.29, 0.717) is 42.1 Å². The van der Waals surface area contributed by atoms with Gasteiger partial charge in [0.05, 0.1) is 17.2 Å². The Hall–Kier alpha value is -1.82. The summed E-state index contributed by atoms with van der Waals surface area (Å²) in [4.78, 5) is 27.4. The van der Waals surface area contributed by atoms with Crippen LogP contribution in [0, 0.1) is 5.92 Å². The number of nitrogens with zero attached hydrogens (tertiary/aromatic N) is 1. The van der Waals surface area contributed by atoms with Crippen molar-refractivity contribution in [3.63, 3.8) is 0 Å².